The minimum absolute atomic E-state index is 0.00609. The Labute approximate surface area is 157 Å². The fourth-order valence-corrected chi connectivity index (χ4v) is 3.54. The van der Waals surface area contributed by atoms with Gasteiger partial charge in [-0.1, -0.05) is 12.1 Å². The molecule has 0 radical (unpaired) electrons. The highest BCUT2D eigenvalue weighted by atomic mass is 32.1. The van der Waals surface area contributed by atoms with Crippen LogP contribution in [0, 0.1) is 10.1 Å². The number of nitro benzene ring substituents is 1. The lowest BCUT2D eigenvalue weighted by Crippen LogP contribution is -2.13. The maximum Gasteiger partial charge on any atom is 0.269 e. The molecule has 0 amide bonds. The first-order valence-corrected chi connectivity index (χ1v) is 8.84. The van der Waals surface area contributed by atoms with Crippen LogP contribution in [-0.4, -0.2) is 19.3 Å². The molecule has 0 aliphatic rings. The molecule has 3 aromatic heterocycles. The molecule has 0 atom stereocenters. The molecule has 0 aliphatic heterocycles. The summed E-state index contributed by atoms with van der Waals surface area (Å²) in [6.45, 7) is 0. The second-order valence-electron chi connectivity index (χ2n) is 5.68. The normalized spacial score (nSPS) is 11.3. The quantitative estimate of drug-likeness (QED) is 0.398. The van der Waals surface area contributed by atoms with E-state index in [0.717, 1.165) is 11.1 Å². The highest BCUT2D eigenvalue weighted by Gasteiger charge is 2.12. The number of rotatable bonds is 4. The third-order valence-electron chi connectivity index (χ3n) is 3.93. The number of aromatic nitrogens is 3. The van der Waals surface area contributed by atoms with Crippen LogP contribution in [0.5, 0.6) is 0 Å². The van der Waals surface area contributed by atoms with Gasteiger partial charge >= 0.3 is 0 Å². The number of thiazole rings is 1. The van der Waals surface area contributed by atoms with Gasteiger partial charge in [-0.3, -0.25) is 24.3 Å². The Kier molecular flexibility index (Phi) is 4.31. The standard InChI is InChI=1S/C19H12N4O3S/c24-18-10-15(6-3-13-2-1-9-20-11-13)21-19-22(18)17(12-27-19)14-4-7-16(8-5-14)23(25)26/h1-12H. The van der Waals surface area contributed by atoms with Crippen LogP contribution in [0.2, 0.25) is 0 Å². The van der Waals surface area contributed by atoms with Crippen molar-refractivity contribution in [1.82, 2.24) is 14.4 Å². The van der Waals surface area contributed by atoms with E-state index in [4.69, 9.17) is 0 Å². The Balaban J connectivity index is 1.72. The minimum Gasteiger partial charge on any atom is -0.269 e. The minimum atomic E-state index is -0.454. The smallest absolute Gasteiger partial charge is 0.269 e. The third kappa shape index (κ3) is 3.38. The Bertz CT molecular complexity index is 1210. The SMILES string of the molecule is O=c1cc(C=Cc2cccnc2)nc2scc(-c3ccc([N+](=O)[O-])cc3)n12. The Morgan fingerprint density at radius 1 is 1.15 bits per heavy atom. The molecular weight excluding hydrogens is 364 g/mol. The molecule has 0 saturated heterocycles. The molecule has 4 aromatic rings. The van der Waals surface area contributed by atoms with Gasteiger partial charge in [-0.05, 0) is 29.8 Å². The van der Waals surface area contributed by atoms with E-state index in [9.17, 15) is 14.9 Å². The summed E-state index contributed by atoms with van der Waals surface area (Å²) in [5.41, 5.74) is 2.64. The lowest BCUT2D eigenvalue weighted by molar-refractivity contribution is -0.384. The van der Waals surface area contributed by atoms with Crippen molar-refractivity contribution in [3.05, 3.63) is 92.0 Å². The molecule has 0 fully saturated rings. The third-order valence-corrected chi connectivity index (χ3v) is 4.76. The number of hydrogen-bond donors (Lipinski definition) is 0. The lowest BCUT2D eigenvalue weighted by Gasteiger charge is -2.02. The highest BCUT2D eigenvalue weighted by Crippen LogP contribution is 2.26. The van der Waals surface area contributed by atoms with Crippen LogP contribution in [0.15, 0.2) is 65.0 Å². The van der Waals surface area contributed by atoms with Crippen LogP contribution in [0.25, 0.3) is 28.4 Å². The van der Waals surface area contributed by atoms with Gasteiger partial charge < -0.3 is 0 Å². The van der Waals surface area contributed by atoms with Gasteiger partial charge in [0.1, 0.15) is 0 Å². The van der Waals surface area contributed by atoms with Gasteiger partial charge in [0.15, 0.2) is 4.96 Å². The summed E-state index contributed by atoms with van der Waals surface area (Å²) < 4.78 is 1.51. The van der Waals surface area contributed by atoms with Gasteiger partial charge in [0, 0.05) is 41.5 Å². The molecule has 7 nitrogen and oxygen atoms in total. The van der Waals surface area contributed by atoms with Crippen molar-refractivity contribution < 1.29 is 4.92 Å². The summed E-state index contributed by atoms with van der Waals surface area (Å²) in [6, 6.07) is 11.3. The van der Waals surface area contributed by atoms with E-state index in [-0.39, 0.29) is 11.2 Å². The second-order valence-corrected chi connectivity index (χ2v) is 6.52. The summed E-state index contributed by atoms with van der Waals surface area (Å²) in [4.78, 5) is 32.1. The fourth-order valence-electron chi connectivity index (χ4n) is 2.63. The van der Waals surface area contributed by atoms with Crippen molar-refractivity contribution in [2.45, 2.75) is 0 Å². The van der Waals surface area contributed by atoms with Gasteiger partial charge in [0.2, 0.25) is 0 Å². The molecule has 8 heteroatoms. The van der Waals surface area contributed by atoms with Crippen molar-refractivity contribution in [3.8, 4) is 11.3 Å². The first kappa shape index (κ1) is 16.8. The van der Waals surface area contributed by atoms with Gasteiger partial charge in [-0.25, -0.2) is 4.98 Å². The largest absolute Gasteiger partial charge is 0.269 e. The van der Waals surface area contributed by atoms with E-state index in [1.54, 1.807) is 30.6 Å². The molecule has 3 heterocycles. The second kappa shape index (κ2) is 6.93. The van der Waals surface area contributed by atoms with Crippen LogP contribution in [0.3, 0.4) is 0 Å². The molecule has 4 rings (SSSR count). The van der Waals surface area contributed by atoms with Crippen molar-refractivity contribution in [1.29, 1.82) is 0 Å². The van der Waals surface area contributed by atoms with Crippen molar-refractivity contribution >= 4 is 34.1 Å². The number of pyridine rings is 1. The van der Waals surface area contributed by atoms with E-state index >= 15 is 0 Å². The van der Waals surface area contributed by atoms with Crippen LogP contribution in [-0.2, 0) is 0 Å². The number of nitrogens with zero attached hydrogens (tertiary/aromatic N) is 4. The molecule has 0 aliphatic carbocycles. The fraction of sp³-hybridized carbons (Fsp3) is 0. The van der Waals surface area contributed by atoms with Crippen molar-refractivity contribution in [2.24, 2.45) is 0 Å². The summed E-state index contributed by atoms with van der Waals surface area (Å²) in [7, 11) is 0. The average molecular weight is 376 g/mol. The Hall–Kier alpha value is -3.65. The number of nitro groups is 1. The molecule has 0 unspecified atom stereocenters. The Morgan fingerprint density at radius 2 is 1.96 bits per heavy atom. The van der Waals surface area contributed by atoms with Crippen molar-refractivity contribution in [3.63, 3.8) is 0 Å². The van der Waals surface area contributed by atoms with Crippen LogP contribution >= 0.6 is 11.3 Å². The van der Waals surface area contributed by atoms with Crippen LogP contribution in [0.1, 0.15) is 11.3 Å². The molecule has 27 heavy (non-hydrogen) atoms. The van der Waals surface area contributed by atoms with Crippen LogP contribution in [0.4, 0.5) is 5.69 Å². The zero-order valence-corrected chi connectivity index (χ0v) is 14.7. The maximum atomic E-state index is 12.6. The molecule has 132 valence electrons. The number of benzene rings is 1. The van der Waals surface area contributed by atoms with Crippen LogP contribution < -0.4 is 5.56 Å². The predicted molar refractivity (Wildman–Crippen MR) is 105 cm³/mol. The molecule has 0 spiro atoms. The highest BCUT2D eigenvalue weighted by molar-refractivity contribution is 7.15. The zero-order chi connectivity index (χ0) is 18.8. The molecule has 0 saturated carbocycles. The summed E-state index contributed by atoms with van der Waals surface area (Å²) in [5, 5.41) is 12.6. The Morgan fingerprint density at radius 3 is 2.67 bits per heavy atom. The van der Waals surface area contributed by atoms with E-state index < -0.39 is 4.92 Å². The monoisotopic (exact) mass is 376 g/mol. The number of hydrogen-bond acceptors (Lipinski definition) is 6. The number of fused-ring (bicyclic) bond motifs is 1. The molecule has 0 N–H and O–H groups in total. The van der Waals surface area contributed by atoms with Gasteiger partial charge in [-0.2, -0.15) is 0 Å². The summed E-state index contributed by atoms with van der Waals surface area (Å²) in [6.07, 6.45) is 7.03. The van der Waals surface area contributed by atoms with E-state index in [1.165, 1.54) is 33.9 Å². The van der Waals surface area contributed by atoms with E-state index in [2.05, 4.69) is 9.97 Å². The van der Waals surface area contributed by atoms with Gasteiger partial charge in [-0.15, -0.1) is 11.3 Å². The molecule has 1 aromatic carbocycles. The average Bonchev–Trinajstić information content (AvgIpc) is 3.12. The molecule has 0 bridgehead atoms. The summed E-state index contributed by atoms with van der Waals surface area (Å²) in [5.74, 6) is 0. The lowest BCUT2D eigenvalue weighted by atomic mass is 10.1. The topological polar surface area (TPSA) is 90.4 Å². The first-order chi connectivity index (χ1) is 13.1. The number of non-ortho nitro benzene ring substituents is 1. The van der Waals surface area contributed by atoms with Crippen molar-refractivity contribution in [2.75, 3.05) is 0 Å². The van der Waals surface area contributed by atoms with Gasteiger partial charge in [0.25, 0.3) is 11.2 Å². The van der Waals surface area contributed by atoms with Gasteiger partial charge in [0.05, 0.1) is 16.3 Å². The zero-order valence-electron chi connectivity index (χ0n) is 13.9. The predicted octanol–water partition coefficient (Wildman–Crippen LogP) is 3.90. The first-order valence-electron chi connectivity index (χ1n) is 7.96. The van der Waals surface area contributed by atoms with E-state index in [1.807, 2.05) is 23.6 Å². The molecular formula is C19H12N4O3S. The van der Waals surface area contributed by atoms with E-state index in [0.29, 0.717) is 16.3 Å². The maximum absolute atomic E-state index is 12.6. The summed E-state index contributed by atoms with van der Waals surface area (Å²) >= 11 is 1.34.